The van der Waals surface area contributed by atoms with Gasteiger partial charge in [-0.2, -0.15) is 0 Å². The SMILES string of the molecule is Nn1c(SCC(=O)N(C2CC2)C2CCS(=O)(=O)C2)nc2scc(-c3ccccc3)c2c1=O. The molecule has 32 heavy (non-hydrogen) atoms. The lowest BCUT2D eigenvalue weighted by Crippen LogP contribution is -2.43. The number of nitrogens with two attached hydrogens (primary N) is 1. The molecule has 2 aromatic heterocycles. The molecule has 1 saturated carbocycles. The van der Waals surface area contributed by atoms with E-state index in [1.54, 1.807) is 4.90 Å². The predicted molar refractivity (Wildman–Crippen MR) is 127 cm³/mol. The van der Waals surface area contributed by atoms with Crippen LogP contribution in [0.5, 0.6) is 0 Å². The molecule has 8 nitrogen and oxygen atoms in total. The Kier molecular flexibility index (Phi) is 5.50. The summed E-state index contributed by atoms with van der Waals surface area (Å²) in [5, 5.41) is 2.63. The van der Waals surface area contributed by atoms with Crippen molar-refractivity contribution >= 4 is 49.1 Å². The van der Waals surface area contributed by atoms with E-state index in [1.807, 2.05) is 35.7 Å². The van der Waals surface area contributed by atoms with E-state index in [2.05, 4.69) is 4.98 Å². The van der Waals surface area contributed by atoms with Gasteiger partial charge in [-0.25, -0.2) is 18.1 Å². The molecule has 2 N–H and O–H groups in total. The van der Waals surface area contributed by atoms with Gasteiger partial charge in [-0.3, -0.25) is 9.59 Å². The van der Waals surface area contributed by atoms with E-state index in [1.165, 1.54) is 11.3 Å². The van der Waals surface area contributed by atoms with Crippen molar-refractivity contribution in [3.8, 4) is 11.1 Å². The maximum Gasteiger partial charge on any atom is 0.282 e. The molecule has 1 atom stereocenters. The van der Waals surface area contributed by atoms with Crippen LogP contribution in [0, 0.1) is 0 Å². The Labute approximate surface area is 193 Å². The number of carbonyl (C=O) groups is 1. The number of rotatable bonds is 6. The van der Waals surface area contributed by atoms with Crippen molar-refractivity contribution in [1.82, 2.24) is 14.6 Å². The van der Waals surface area contributed by atoms with Gasteiger partial charge in [0.05, 0.1) is 22.6 Å². The first-order valence-electron chi connectivity index (χ1n) is 10.3. The Balaban J connectivity index is 1.38. The lowest BCUT2D eigenvalue weighted by molar-refractivity contribution is -0.130. The molecule has 3 aromatic rings. The summed E-state index contributed by atoms with van der Waals surface area (Å²) in [5.74, 6) is 6.15. The van der Waals surface area contributed by atoms with Crippen molar-refractivity contribution in [3.05, 3.63) is 46.1 Å². The van der Waals surface area contributed by atoms with Crippen LogP contribution < -0.4 is 11.4 Å². The van der Waals surface area contributed by atoms with Crippen LogP contribution in [-0.4, -0.2) is 58.2 Å². The maximum absolute atomic E-state index is 13.0. The second kappa shape index (κ2) is 8.20. The molecule has 1 aliphatic carbocycles. The number of carbonyl (C=O) groups excluding carboxylic acids is 1. The van der Waals surface area contributed by atoms with Gasteiger partial charge >= 0.3 is 0 Å². The van der Waals surface area contributed by atoms with Crippen LogP contribution >= 0.6 is 23.1 Å². The van der Waals surface area contributed by atoms with Crippen LogP contribution in [0.3, 0.4) is 0 Å². The van der Waals surface area contributed by atoms with Gasteiger partial charge in [0.1, 0.15) is 4.83 Å². The molecule has 5 rings (SSSR count). The van der Waals surface area contributed by atoms with Gasteiger partial charge in [0, 0.05) is 23.0 Å². The van der Waals surface area contributed by atoms with Crippen LogP contribution in [-0.2, 0) is 14.6 Å². The van der Waals surface area contributed by atoms with Gasteiger partial charge in [0.15, 0.2) is 15.0 Å². The highest BCUT2D eigenvalue weighted by Gasteiger charge is 2.42. The van der Waals surface area contributed by atoms with Crippen molar-refractivity contribution in [2.24, 2.45) is 0 Å². The predicted octanol–water partition coefficient (Wildman–Crippen LogP) is 2.11. The molecule has 1 saturated heterocycles. The number of nitrogens with zero attached hydrogens (tertiary/aromatic N) is 3. The monoisotopic (exact) mass is 490 g/mol. The van der Waals surface area contributed by atoms with E-state index in [9.17, 15) is 18.0 Å². The van der Waals surface area contributed by atoms with Gasteiger partial charge in [-0.05, 0) is 24.8 Å². The van der Waals surface area contributed by atoms with Gasteiger partial charge in [-0.1, -0.05) is 42.1 Å². The van der Waals surface area contributed by atoms with Crippen LogP contribution in [0.4, 0.5) is 0 Å². The fourth-order valence-electron chi connectivity index (χ4n) is 4.17. The van der Waals surface area contributed by atoms with Gasteiger partial charge in [-0.15, -0.1) is 11.3 Å². The highest BCUT2D eigenvalue weighted by atomic mass is 32.2. The lowest BCUT2D eigenvalue weighted by Gasteiger charge is -2.28. The van der Waals surface area contributed by atoms with E-state index in [0.29, 0.717) is 16.6 Å². The Morgan fingerprint density at radius 3 is 2.62 bits per heavy atom. The summed E-state index contributed by atoms with van der Waals surface area (Å²) in [6, 6.07) is 9.44. The summed E-state index contributed by atoms with van der Waals surface area (Å²) < 4.78 is 24.8. The topological polar surface area (TPSA) is 115 Å². The fourth-order valence-corrected chi connectivity index (χ4v) is 7.66. The molecule has 1 aromatic carbocycles. The maximum atomic E-state index is 13.0. The third-order valence-corrected chi connectivity index (χ3v) is 9.41. The molecular weight excluding hydrogens is 468 g/mol. The van der Waals surface area contributed by atoms with E-state index >= 15 is 0 Å². The first kappa shape index (κ1) is 21.5. The number of thioether (sulfide) groups is 1. The first-order valence-corrected chi connectivity index (χ1v) is 14.0. The standard InChI is InChI=1S/C21H22N4O4S3/c22-25-20(27)18-16(13-4-2-1-3-5-13)10-30-19(18)23-21(25)31-11-17(26)24(14-6-7-14)15-8-9-32(28,29)12-15/h1-5,10,14-15H,6-9,11-12,22H2. The van der Waals surface area contributed by atoms with E-state index in [4.69, 9.17) is 5.84 Å². The highest BCUT2D eigenvalue weighted by molar-refractivity contribution is 7.99. The molecule has 11 heteroatoms. The number of hydrogen-bond donors (Lipinski definition) is 1. The Bertz CT molecular complexity index is 1350. The molecule has 0 radical (unpaired) electrons. The van der Waals surface area contributed by atoms with Crippen LogP contribution in [0.15, 0.2) is 45.7 Å². The minimum atomic E-state index is -3.08. The highest BCUT2D eigenvalue weighted by Crippen LogP contribution is 2.34. The molecule has 2 aliphatic rings. The molecule has 3 heterocycles. The number of nitrogen functional groups attached to an aromatic ring is 1. The van der Waals surface area contributed by atoms with E-state index < -0.39 is 9.84 Å². The van der Waals surface area contributed by atoms with Crippen LogP contribution in [0.1, 0.15) is 19.3 Å². The second-order valence-corrected chi connectivity index (χ2v) is 12.2. The first-order chi connectivity index (χ1) is 15.3. The minimum absolute atomic E-state index is 0.0309. The largest absolute Gasteiger partial charge is 0.335 e. The number of amides is 1. The number of benzene rings is 1. The van der Waals surface area contributed by atoms with Crippen molar-refractivity contribution in [2.45, 2.75) is 36.5 Å². The average molecular weight is 491 g/mol. The average Bonchev–Trinajstić information content (AvgIpc) is 3.40. The fraction of sp³-hybridized carbons (Fsp3) is 0.381. The third kappa shape index (κ3) is 4.04. The molecule has 168 valence electrons. The zero-order valence-corrected chi connectivity index (χ0v) is 19.6. The second-order valence-electron chi connectivity index (χ2n) is 8.14. The molecule has 1 amide bonds. The third-order valence-electron chi connectivity index (χ3n) is 5.85. The molecule has 1 unspecified atom stereocenters. The lowest BCUT2D eigenvalue weighted by atomic mass is 10.1. The van der Waals surface area contributed by atoms with Crippen LogP contribution in [0.25, 0.3) is 21.3 Å². The van der Waals surface area contributed by atoms with E-state index in [0.717, 1.165) is 40.4 Å². The number of sulfone groups is 1. The summed E-state index contributed by atoms with van der Waals surface area (Å²) in [7, 11) is -3.08. The quantitative estimate of drug-likeness (QED) is 0.320. The van der Waals surface area contributed by atoms with Crippen molar-refractivity contribution in [2.75, 3.05) is 23.1 Å². The van der Waals surface area contributed by atoms with Gasteiger partial charge in [0.2, 0.25) is 5.91 Å². The zero-order valence-electron chi connectivity index (χ0n) is 17.1. The molecule has 1 aliphatic heterocycles. The summed E-state index contributed by atoms with van der Waals surface area (Å²) in [4.78, 5) is 32.9. The van der Waals surface area contributed by atoms with Crippen molar-refractivity contribution in [1.29, 1.82) is 0 Å². The smallest absolute Gasteiger partial charge is 0.282 e. The molecule has 0 bridgehead atoms. The number of aromatic nitrogens is 2. The summed E-state index contributed by atoms with van der Waals surface area (Å²) in [6.45, 7) is 0. The summed E-state index contributed by atoms with van der Waals surface area (Å²) in [5.41, 5.74) is 1.35. The zero-order chi connectivity index (χ0) is 22.5. The Hall–Kier alpha value is -2.37. The van der Waals surface area contributed by atoms with E-state index in [-0.39, 0.29) is 46.0 Å². The van der Waals surface area contributed by atoms with Crippen LogP contribution in [0.2, 0.25) is 0 Å². The van der Waals surface area contributed by atoms with Crippen molar-refractivity contribution in [3.63, 3.8) is 0 Å². The summed E-state index contributed by atoms with van der Waals surface area (Å²) in [6.07, 6.45) is 2.28. The molecule has 2 fully saturated rings. The van der Waals surface area contributed by atoms with Crippen molar-refractivity contribution < 1.29 is 13.2 Å². The number of thiophene rings is 1. The van der Waals surface area contributed by atoms with Gasteiger partial charge in [0.25, 0.3) is 5.56 Å². The Morgan fingerprint density at radius 1 is 1.22 bits per heavy atom. The number of hydrogen-bond acceptors (Lipinski definition) is 8. The van der Waals surface area contributed by atoms with Gasteiger partial charge < -0.3 is 10.7 Å². The summed E-state index contributed by atoms with van der Waals surface area (Å²) >= 11 is 2.48. The molecular formula is C21H22N4O4S3. The Morgan fingerprint density at radius 2 is 1.97 bits per heavy atom. The number of fused-ring (bicyclic) bond motifs is 1. The molecule has 0 spiro atoms. The normalized spacial score (nSPS) is 19.9. The minimum Gasteiger partial charge on any atom is -0.335 e.